The lowest BCUT2D eigenvalue weighted by atomic mass is 10.2. The summed E-state index contributed by atoms with van der Waals surface area (Å²) in [7, 11) is 1.51. The van der Waals surface area contributed by atoms with Crippen molar-refractivity contribution in [1.29, 1.82) is 0 Å². The number of nitrogens with zero attached hydrogens (tertiary/aromatic N) is 3. The summed E-state index contributed by atoms with van der Waals surface area (Å²) in [5, 5.41) is 12.6. The van der Waals surface area contributed by atoms with E-state index in [2.05, 4.69) is 10.1 Å². The fourth-order valence-electron chi connectivity index (χ4n) is 1.39. The number of aliphatic carboxylic acids is 1. The van der Waals surface area contributed by atoms with Crippen molar-refractivity contribution < 1.29 is 14.6 Å². The Morgan fingerprint density at radius 2 is 2.47 bits per heavy atom. The van der Waals surface area contributed by atoms with E-state index in [0.717, 1.165) is 0 Å². The van der Waals surface area contributed by atoms with Crippen molar-refractivity contribution in [3.8, 4) is 5.88 Å². The van der Waals surface area contributed by atoms with E-state index < -0.39 is 5.97 Å². The first-order valence-corrected chi connectivity index (χ1v) is 4.29. The zero-order valence-electron chi connectivity index (χ0n) is 8.04. The Morgan fingerprint density at radius 1 is 1.67 bits per heavy atom. The molecule has 1 N–H and O–H groups in total. The Kier molecular flexibility index (Phi) is 2.24. The highest BCUT2D eigenvalue weighted by Crippen LogP contribution is 2.17. The predicted octanol–water partition coefficient (Wildman–Crippen LogP) is 0.365. The Hall–Kier alpha value is -2.11. The first-order valence-electron chi connectivity index (χ1n) is 4.29. The van der Waals surface area contributed by atoms with Gasteiger partial charge < -0.3 is 9.84 Å². The van der Waals surface area contributed by atoms with Gasteiger partial charge in [0.15, 0.2) is 0 Å². The van der Waals surface area contributed by atoms with Crippen LogP contribution >= 0.6 is 0 Å². The minimum Gasteiger partial charge on any atom is -0.481 e. The Balaban J connectivity index is 2.50. The fraction of sp³-hybridized carbons (Fsp3) is 0.222. The third-order valence-corrected chi connectivity index (χ3v) is 1.98. The van der Waals surface area contributed by atoms with Gasteiger partial charge in [-0.2, -0.15) is 10.1 Å². The number of ether oxygens (including phenoxy) is 1. The number of hydrogen-bond acceptors (Lipinski definition) is 4. The van der Waals surface area contributed by atoms with Gasteiger partial charge in [0, 0.05) is 6.20 Å². The summed E-state index contributed by atoms with van der Waals surface area (Å²) < 4.78 is 6.57. The smallest absolute Gasteiger partial charge is 0.307 e. The molecule has 0 amide bonds. The molecular formula is C9H9N3O3. The number of carboxylic acids is 1. The molecule has 0 aromatic carbocycles. The summed E-state index contributed by atoms with van der Waals surface area (Å²) >= 11 is 0. The predicted molar refractivity (Wildman–Crippen MR) is 50.9 cm³/mol. The second kappa shape index (κ2) is 3.56. The maximum Gasteiger partial charge on any atom is 0.307 e. The lowest BCUT2D eigenvalue weighted by Gasteiger charge is -1.98. The Bertz CT molecular complexity index is 506. The summed E-state index contributed by atoms with van der Waals surface area (Å²) in [5.74, 6) is -0.445. The van der Waals surface area contributed by atoms with Crippen LogP contribution in [0.25, 0.3) is 5.52 Å². The molecule has 2 heterocycles. The molecule has 2 aromatic rings. The summed E-state index contributed by atoms with van der Waals surface area (Å²) in [6.07, 6.45) is 2.97. The summed E-state index contributed by atoms with van der Waals surface area (Å²) in [6, 6.07) is 1.70. The summed E-state index contributed by atoms with van der Waals surface area (Å²) in [4.78, 5) is 14.4. The van der Waals surface area contributed by atoms with E-state index in [-0.39, 0.29) is 6.42 Å². The van der Waals surface area contributed by atoms with Crippen molar-refractivity contribution in [3.05, 3.63) is 24.2 Å². The molecule has 0 radical (unpaired) electrons. The normalized spacial score (nSPS) is 10.5. The van der Waals surface area contributed by atoms with Gasteiger partial charge in [-0.15, -0.1) is 0 Å². The number of fused-ring (bicyclic) bond motifs is 1. The monoisotopic (exact) mass is 207 g/mol. The molecule has 15 heavy (non-hydrogen) atoms. The third kappa shape index (κ3) is 1.74. The highest BCUT2D eigenvalue weighted by Gasteiger charge is 2.08. The number of methoxy groups -OCH3 is 1. The van der Waals surface area contributed by atoms with E-state index in [1.807, 2.05) is 0 Å². The average Bonchev–Trinajstić information content (AvgIpc) is 2.58. The van der Waals surface area contributed by atoms with Crippen LogP contribution in [0.2, 0.25) is 0 Å². The number of hydrogen-bond donors (Lipinski definition) is 1. The van der Waals surface area contributed by atoms with Crippen molar-refractivity contribution in [2.75, 3.05) is 7.11 Å². The molecule has 78 valence electrons. The second-order valence-corrected chi connectivity index (χ2v) is 3.02. The zero-order chi connectivity index (χ0) is 10.8. The first-order chi connectivity index (χ1) is 7.20. The number of carbonyl (C=O) groups is 1. The van der Waals surface area contributed by atoms with E-state index >= 15 is 0 Å². The third-order valence-electron chi connectivity index (χ3n) is 1.98. The molecule has 0 aliphatic rings. The SMILES string of the molecule is COc1ncnn2cc(CC(=O)O)cc12. The maximum atomic E-state index is 10.5. The molecule has 0 spiro atoms. The number of rotatable bonds is 3. The van der Waals surface area contributed by atoms with Crippen molar-refractivity contribution in [3.63, 3.8) is 0 Å². The van der Waals surface area contributed by atoms with Gasteiger partial charge in [0.1, 0.15) is 11.8 Å². The molecule has 0 fully saturated rings. The Labute approximate surface area is 85.1 Å². The highest BCUT2D eigenvalue weighted by atomic mass is 16.5. The van der Waals surface area contributed by atoms with E-state index in [9.17, 15) is 4.79 Å². The zero-order valence-corrected chi connectivity index (χ0v) is 8.04. The number of aromatic nitrogens is 3. The summed E-state index contributed by atoms with van der Waals surface area (Å²) in [6.45, 7) is 0. The van der Waals surface area contributed by atoms with Crippen LogP contribution in [-0.4, -0.2) is 32.8 Å². The molecule has 2 rings (SSSR count). The standard InChI is InChI=1S/C9H9N3O3/c1-15-9-7-2-6(3-8(13)14)4-12(7)11-5-10-9/h2,4-5H,3H2,1H3,(H,13,14). The van der Waals surface area contributed by atoms with Crippen molar-refractivity contribution in [2.24, 2.45) is 0 Å². The first kappa shape index (κ1) is 9.45. The van der Waals surface area contributed by atoms with E-state index in [1.165, 1.54) is 13.4 Å². The van der Waals surface area contributed by atoms with Crippen LogP contribution in [-0.2, 0) is 11.2 Å². The average molecular weight is 207 g/mol. The van der Waals surface area contributed by atoms with Gasteiger partial charge in [0.05, 0.1) is 13.5 Å². The highest BCUT2D eigenvalue weighted by molar-refractivity contribution is 5.71. The molecular weight excluding hydrogens is 198 g/mol. The van der Waals surface area contributed by atoms with Crippen LogP contribution in [0, 0.1) is 0 Å². The summed E-state index contributed by atoms with van der Waals surface area (Å²) in [5.41, 5.74) is 1.33. The molecule has 0 saturated heterocycles. The van der Waals surface area contributed by atoms with Crippen LogP contribution in [0.5, 0.6) is 5.88 Å². The molecule has 0 aliphatic heterocycles. The maximum absolute atomic E-state index is 10.5. The van der Waals surface area contributed by atoms with Crippen molar-refractivity contribution in [1.82, 2.24) is 14.6 Å². The molecule has 0 atom stereocenters. The van der Waals surface area contributed by atoms with Gasteiger partial charge in [0.2, 0.25) is 5.88 Å². The fourth-order valence-corrected chi connectivity index (χ4v) is 1.39. The van der Waals surface area contributed by atoms with Gasteiger partial charge in [0.25, 0.3) is 0 Å². The molecule has 0 unspecified atom stereocenters. The van der Waals surface area contributed by atoms with Crippen molar-refractivity contribution in [2.45, 2.75) is 6.42 Å². The molecule has 0 aliphatic carbocycles. The molecule has 6 nitrogen and oxygen atoms in total. The second-order valence-electron chi connectivity index (χ2n) is 3.02. The Morgan fingerprint density at radius 3 is 3.13 bits per heavy atom. The topological polar surface area (TPSA) is 76.7 Å². The lowest BCUT2D eigenvalue weighted by molar-refractivity contribution is -0.136. The van der Waals surface area contributed by atoms with Gasteiger partial charge in [-0.25, -0.2) is 4.52 Å². The molecule has 0 bridgehead atoms. The van der Waals surface area contributed by atoms with Crippen LogP contribution in [0.4, 0.5) is 0 Å². The largest absolute Gasteiger partial charge is 0.481 e. The van der Waals surface area contributed by atoms with Gasteiger partial charge >= 0.3 is 5.97 Å². The van der Waals surface area contributed by atoms with Crippen LogP contribution in [0.3, 0.4) is 0 Å². The minimum atomic E-state index is -0.877. The van der Waals surface area contributed by atoms with Crippen LogP contribution in [0.15, 0.2) is 18.6 Å². The van der Waals surface area contributed by atoms with Gasteiger partial charge in [-0.1, -0.05) is 0 Å². The van der Waals surface area contributed by atoms with E-state index in [4.69, 9.17) is 9.84 Å². The quantitative estimate of drug-likeness (QED) is 0.786. The molecule has 2 aromatic heterocycles. The van der Waals surface area contributed by atoms with E-state index in [1.54, 1.807) is 16.8 Å². The number of carboxylic acid groups (broad SMARTS) is 1. The van der Waals surface area contributed by atoms with E-state index in [0.29, 0.717) is 17.0 Å². The molecule has 6 heteroatoms. The lowest BCUT2D eigenvalue weighted by Crippen LogP contribution is -1.98. The van der Waals surface area contributed by atoms with Crippen LogP contribution < -0.4 is 4.74 Å². The van der Waals surface area contributed by atoms with Crippen LogP contribution in [0.1, 0.15) is 5.56 Å². The minimum absolute atomic E-state index is 0.0352. The molecule has 0 saturated carbocycles. The van der Waals surface area contributed by atoms with Gasteiger partial charge in [-0.3, -0.25) is 4.79 Å². The van der Waals surface area contributed by atoms with Gasteiger partial charge in [-0.05, 0) is 11.6 Å². The van der Waals surface area contributed by atoms with Crippen molar-refractivity contribution >= 4 is 11.5 Å².